The quantitative estimate of drug-likeness (QED) is 0.674. The Hall–Kier alpha value is -0.570. The van der Waals surface area contributed by atoms with E-state index in [1.54, 1.807) is 0 Å². The Labute approximate surface area is 79.6 Å². The molecule has 3 nitrogen and oxygen atoms in total. The van der Waals surface area contributed by atoms with Crippen molar-refractivity contribution in [3.63, 3.8) is 0 Å². The number of rotatable bonds is 4. The van der Waals surface area contributed by atoms with Crippen molar-refractivity contribution in [3.8, 4) is 0 Å². The molecule has 13 heavy (non-hydrogen) atoms. The summed E-state index contributed by atoms with van der Waals surface area (Å²) in [6, 6.07) is 0. The zero-order valence-corrected chi connectivity index (χ0v) is 8.51. The molecule has 0 spiro atoms. The van der Waals surface area contributed by atoms with Gasteiger partial charge in [0.25, 0.3) is 0 Å². The zero-order chi connectivity index (χ0) is 9.90. The van der Waals surface area contributed by atoms with E-state index in [1.165, 1.54) is 6.42 Å². The minimum Gasteiger partial charge on any atom is -0.466 e. The van der Waals surface area contributed by atoms with E-state index < -0.39 is 0 Å². The predicted octanol–water partition coefficient (Wildman–Crippen LogP) is 1.46. The van der Waals surface area contributed by atoms with Crippen molar-refractivity contribution in [2.75, 3.05) is 6.61 Å². The fourth-order valence-electron chi connectivity index (χ4n) is 1.74. The van der Waals surface area contributed by atoms with E-state index in [0.717, 1.165) is 12.8 Å². The molecular formula is C10H19NO2. The van der Waals surface area contributed by atoms with Crippen LogP contribution in [0.1, 0.15) is 39.5 Å². The number of ether oxygens (including phenoxy) is 1. The van der Waals surface area contributed by atoms with Gasteiger partial charge in [0.1, 0.15) is 0 Å². The summed E-state index contributed by atoms with van der Waals surface area (Å²) in [5.74, 6) is 0.344. The molecule has 1 saturated carbocycles. The first-order valence-corrected chi connectivity index (χ1v) is 5.00. The first kappa shape index (κ1) is 10.5. The van der Waals surface area contributed by atoms with Gasteiger partial charge in [-0.3, -0.25) is 4.79 Å². The fraction of sp³-hybridized carbons (Fsp3) is 0.900. The van der Waals surface area contributed by atoms with Gasteiger partial charge in [-0.1, -0.05) is 6.42 Å². The molecule has 1 fully saturated rings. The molecule has 1 atom stereocenters. The molecule has 0 aliphatic heterocycles. The lowest BCUT2D eigenvalue weighted by atomic mass is 9.71. The van der Waals surface area contributed by atoms with Crippen LogP contribution >= 0.6 is 0 Å². The van der Waals surface area contributed by atoms with Crippen LogP contribution in [0.5, 0.6) is 0 Å². The van der Waals surface area contributed by atoms with Gasteiger partial charge in [0.05, 0.1) is 13.0 Å². The van der Waals surface area contributed by atoms with Crippen molar-refractivity contribution in [1.82, 2.24) is 0 Å². The number of carbonyl (C=O) groups is 1. The van der Waals surface area contributed by atoms with Crippen molar-refractivity contribution in [2.24, 2.45) is 11.7 Å². The van der Waals surface area contributed by atoms with Crippen molar-refractivity contribution >= 4 is 5.97 Å². The summed E-state index contributed by atoms with van der Waals surface area (Å²) in [6.45, 7) is 4.21. The molecule has 1 rings (SSSR count). The average molecular weight is 185 g/mol. The third-order valence-electron chi connectivity index (χ3n) is 2.87. The summed E-state index contributed by atoms with van der Waals surface area (Å²) in [5.41, 5.74) is 5.70. The summed E-state index contributed by atoms with van der Waals surface area (Å²) in [7, 11) is 0. The molecule has 1 aliphatic carbocycles. The minimum atomic E-state index is -0.357. The molecule has 0 heterocycles. The maximum Gasteiger partial charge on any atom is 0.307 e. The largest absolute Gasteiger partial charge is 0.466 e. The zero-order valence-electron chi connectivity index (χ0n) is 8.51. The van der Waals surface area contributed by atoms with E-state index in [4.69, 9.17) is 10.5 Å². The molecule has 0 bridgehead atoms. The van der Waals surface area contributed by atoms with E-state index in [9.17, 15) is 4.79 Å². The van der Waals surface area contributed by atoms with Crippen molar-refractivity contribution < 1.29 is 9.53 Å². The van der Waals surface area contributed by atoms with Crippen LogP contribution in [0.2, 0.25) is 0 Å². The first-order chi connectivity index (χ1) is 6.06. The topological polar surface area (TPSA) is 52.3 Å². The average Bonchev–Trinajstić information content (AvgIpc) is 1.79. The number of hydrogen-bond donors (Lipinski definition) is 1. The highest BCUT2D eigenvalue weighted by Crippen LogP contribution is 2.36. The predicted molar refractivity (Wildman–Crippen MR) is 51.2 cm³/mol. The Balaban J connectivity index is 2.36. The van der Waals surface area contributed by atoms with Crippen LogP contribution in [-0.4, -0.2) is 18.1 Å². The number of hydrogen-bond acceptors (Lipinski definition) is 3. The van der Waals surface area contributed by atoms with Gasteiger partial charge in [0.2, 0.25) is 0 Å². The molecule has 0 saturated heterocycles. The summed E-state index contributed by atoms with van der Waals surface area (Å²) in [6.07, 6.45) is 3.92. The summed E-state index contributed by atoms with van der Waals surface area (Å²) < 4.78 is 4.88. The second-order valence-corrected chi connectivity index (χ2v) is 4.12. The van der Waals surface area contributed by atoms with Gasteiger partial charge >= 0.3 is 5.97 Å². The lowest BCUT2D eigenvalue weighted by molar-refractivity contribution is -0.145. The van der Waals surface area contributed by atoms with Gasteiger partial charge < -0.3 is 10.5 Å². The SMILES string of the molecule is CCOC(=O)CC(C)(N)C1CCC1. The van der Waals surface area contributed by atoms with Gasteiger partial charge in [-0.2, -0.15) is 0 Å². The molecule has 1 unspecified atom stereocenters. The van der Waals surface area contributed by atoms with Crippen molar-refractivity contribution in [2.45, 2.75) is 45.1 Å². The van der Waals surface area contributed by atoms with E-state index in [0.29, 0.717) is 18.9 Å². The number of nitrogens with two attached hydrogens (primary N) is 1. The second-order valence-electron chi connectivity index (χ2n) is 4.12. The van der Waals surface area contributed by atoms with Gasteiger partial charge in [-0.15, -0.1) is 0 Å². The normalized spacial score (nSPS) is 21.8. The minimum absolute atomic E-state index is 0.167. The molecule has 1 aliphatic rings. The van der Waals surface area contributed by atoms with Crippen LogP contribution in [0.3, 0.4) is 0 Å². The van der Waals surface area contributed by atoms with E-state index in [-0.39, 0.29) is 11.5 Å². The van der Waals surface area contributed by atoms with Gasteiger partial charge in [0, 0.05) is 5.54 Å². The number of esters is 1. The second kappa shape index (κ2) is 4.09. The van der Waals surface area contributed by atoms with Crippen molar-refractivity contribution in [3.05, 3.63) is 0 Å². The monoisotopic (exact) mass is 185 g/mol. The van der Waals surface area contributed by atoms with Gasteiger partial charge in [-0.25, -0.2) is 0 Å². The molecule has 0 radical (unpaired) electrons. The van der Waals surface area contributed by atoms with Crippen LogP contribution in [0, 0.1) is 5.92 Å². The lowest BCUT2D eigenvalue weighted by Crippen LogP contribution is -2.48. The first-order valence-electron chi connectivity index (χ1n) is 5.00. The highest BCUT2D eigenvalue weighted by atomic mass is 16.5. The third-order valence-corrected chi connectivity index (χ3v) is 2.87. The Morgan fingerprint density at radius 2 is 2.23 bits per heavy atom. The lowest BCUT2D eigenvalue weighted by Gasteiger charge is -2.39. The molecular weight excluding hydrogens is 166 g/mol. The Morgan fingerprint density at radius 1 is 1.62 bits per heavy atom. The van der Waals surface area contributed by atoms with Crippen molar-refractivity contribution in [1.29, 1.82) is 0 Å². The third kappa shape index (κ3) is 2.69. The molecule has 76 valence electrons. The van der Waals surface area contributed by atoms with Crippen LogP contribution in [-0.2, 0) is 9.53 Å². The Kier molecular flexibility index (Phi) is 3.31. The van der Waals surface area contributed by atoms with E-state index in [1.807, 2.05) is 13.8 Å². The van der Waals surface area contributed by atoms with Gasteiger partial charge in [0.15, 0.2) is 0 Å². The van der Waals surface area contributed by atoms with E-state index in [2.05, 4.69) is 0 Å². The summed E-state index contributed by atoms with van der Waals surface area (Å²) in [5, 5.41) is 0. The van der Waals surface area contributed by atoms with Crippen LogP contribution in [0.4, 0.5) is 0 Å². The van der Waals surface area contributed by atoms with Crippen LogP contribution in [0.15, 0.2) is 0 Å². The van der Waals surface area contributed by atoms with Crippen LogP contribution in [0.25, 0.3) is 0 Å². The van der Waals surface area contributed by atoms with E-state index >= 15 is 0 Å². The Bertz CT molecular complexity index is 185. The molecule has 2 N–H and O–H groups in total. The molecule has 0 aromatic rings. The van der Waals surface area contributed by atoms with Crippen LogP contribution < -0.4 is 5.73 Å². The molecule has 0 aromatic heterocycles. The fourth-order valence-corrected chi connectivity index (χ4v) is 1.74. The summed E-state index contributed by atoms with van der Waals surface area (Å²) >= 11 is 0. The standard InChI is InChI=1S/C10H19NO2/c1-3-13-9(12)7-10(2,11)8-5-4-6-8/h8H,3-7,11H2,1-2H3. The maximum absolute atomic E-state index is 11.2. The Morgan fingerprint density at radius 3 is 2.62 bits per heavy atom. The van der Waals surface area contributed by atoms with Gasteiger partial charge in [-0.05, 0) is 32.6 Å². The molecule has 0 amide bonds. The summed E-state index contributed by atoms with van der Waals surface area (Å²) in [4.78, 5) is 11.2. The number of carbonyl (C=O) groups excluding carboxylic acids is 1. The molecule has 0 aromatic carbocycles. The smallest absolute Gasteiger partial charge is 0.307 e. The highest BCUT2D eigenvalue weighted by Gasteiger charge is 2.36. The molecule has 3 heteroatoms. The maximum atomic E-state index is 11.2. The highest BCUT2D eigenvalue weighted by molar-refractivity contribution is 5.70.